The summed E-state index contributed by atoms with van der Waals surface area (Å²) in [6.07, 6.45) is 4.74. The predicted molar refractivity (Wildman–Crippen MR) is 65.2 cm³/mol. The molecule has 0 radical (unpaired) electrons. The molecule has 0 N–H and O–H groups in total. The van der Waals surface area contributed by atoms with Gasteiger partial charge in [-0.3, -0.25) is 4.79 Å². The first-order valence-electron chi connectivity index (χ1n) is 6.64. The standard InChI is InChI=1S/C13H24N2O/c1-11-5-3-8-15(9-11)13(16)12-6-4-7-14(2)10-12/h11-12H,3-10H2,1-2H3/t11-,12+/m0/s1. The molecule has 2 fully saturated rings. The first-order chi connectivity index (χ1) is 7.66. The molecule has 2 heterocycles. The van der Waals surface area contributed by atoms with E-state index in [0.717, 1.165) is 32.6 Å². The van der Waals surface area contributed by atoms with Crippen LogP contribution in [0.2, 0.25) is 0 Å². The maximum absolute atomic E-state index is 12.3. The molecule has 1 amide bonds. The van der Waals surface area contributed by atoms with E-state index in [0.29, 0.717) is 11.8 Å². The zero-order valence-electron chi connectivity index (χ0n) is 10.6. The van der Waals surface area contributed by atoms with Gasteiger partial charge in [0.25, 0.3) is 0 Å². The third kappa shape index (κ3) is 2.76. The number of piperidine rings is 2. The van der Waals surface area contributed by atoms with E-state index in [1.54, 1.807) is 0 Å². The van der Waals surface area contributed by atoms with Crippen molar-refractivity contribution in [3.63, 3.8) is 0 Å². The summed E-state index contributed by atoms with van der Waals surface area (Å²) in [4.78, 5) is 16.7. The summed E-state index contributed by atoms with van der Waals surface area (Å²) in [6, 6.07) is 0. The number of carbonyl (C=O) groups excluding carboxylic acids is 1. The molecule has 2 aliphatic heterocycles. The molecule has 3 heteroatoms. The largest absolute Gasteiger partial charge is 0.342 e. The first-order valence-corrected chi connectivity index (χ1v) is 6.64. The second-order valence-electron chi connectivity index (χ2n) is 5.63. The van der Waals surface area contributed by atoms with Gasteiger partial charge in [0, 0.05) is 19.6 Å². The van der Waals surface area contributed by atoms with Gasteiger partial charge in [-0.05, 0) is 45.2 Å². The summed E-state index contributed by atoms with van der Waals surface area (Å²) in [5.74, 6) is 1.38. The van der Waals surface area contributed by atoms with Gasteiger partial charge in [0.1, 0.15) is 0 Å². The number of nitrogens with zero attached hydrogens (tertiary/aromatic N) is 2. The molecule has 3 nitrogen and oxygen atoms in total. The third-order valence-electron chi connectivity index (χ3n) is 3.94. The summed E-state index contributed by atoms with van der Waals surface area (Å²) >= 11 is 0. The lowest BCUT2D eigenvalue weighted by Crippen LogP contribution is -2.46. The van der Waals surface area contributed by atoms with Crippen molar-refractivity contribution in [2.75, 3.05) is 33.2 Å². The number of hydrogen-bond donors (Lipinski definition) is 0. The molecular formula is C13H24N2O. The lowest BCUT2D eigenvalue weighted by molar-refractivity contribution is -0.138. The predicted octanol–water partition coefficient (Wildman–Crippen LogP) is 1.59. The zero-order chi connectivity index (χ0) is 11.5. The quantitative estimate of drug-likeness (QED) is 0.675. The lowest BCUT2D eigenvalue weighted by Gasteiger charge is -2.36. The first kappa shape index (κ1) is 11.9. The van der Waals surface area contributed by atoms with E-state index in [4.69, 9.17) is 0 Å². The zero-order valence-corrected chi connectivity index (χ0v) is 10.6. The van der Waals surface area contributed by atoms with Gasteiger partial charge in [-0.15, -0.1) is 0 Å². The maximum Gasteiger partial charge on any atom is 0.226 e. The average molecular weight is 224 g/mol. The minimum absolute atomic E-state index is 0.268. The van der Waals surface area contributed by atoms with Crippen LogP contribution in [0.25, 0.3) is 0 Å². The summed E-state index contributed by atoms with van der Waals surface area (Å²) in [5.41, 5.74) is 0. The minimum atomic E-state index is 0.268. The van der Waals surface area contributed by atoms with Crippen molar-refractivity contribution in [1.29, 1.82) is 0 Å². The highest BCUT2D eigenvalue weighted by atomic mass is 16.2. The highest BCUT2D eigenvalue weighted by molar-refractivity contribution is 5.79. The molecule has 0 unspecified atom stereocenters. The molecule has 92 valence electrons. The van der Waals surface area contributed by atoms with Crippen molar-refractivity contribution >= 4 is 5.91 Å². The van der Waals surface area contributed by atoms with E-state index in [1.807, 2.05) is 0 Å². The van der Waals surface area contributed by atoms with E-state index in [1.165, 1.54) is 19.3 Å². The van der Waals surface area contributed by atoms with Crippen molar-refractivity contribution < 1.29 is 4.79 Å². The molecule has 0 aromatic carbocycles. The van der Waals surface area contributed by atoms with Crippen LogP contribution in [0.15, 0.2) is 0 Å². The van der Waals surface area contributed by atoms with Crippen LogP contribution in [0.3, 0.4) is 0 Å². The van der Waals surface area contributed by atoms with Gasteiger partial charge < -0.3 is 9.80 Å². The smallest absolute Gasteiger partial charge is 0.226 e. The molecule has 16 heavy (non-hydrogen) atoms. The fourth-order valence-corrected chi connectivity index (χ4v) is 3.02. The van der Waals surface area contributed by atoms with Crippen molar-refractivity contribution in [2.24, 2.45) is 11.8 Å². The van der Waals surface area contributed by atoms with Crippen LogP contribution < -0.4 is 0 Å². The highest BCUT2D eigenvalue weighted by Gasteiger charge is 2.29. The van der Waals surface area contributed by atoms with Gasteiger partial charge in [0.2, 0.25) is 5.91 Å². The fraction of sp³-hybridized carbons (Fsp3) is 0.923. The monoisotopic (exact) mass is 224 g/mol. The van der Waals surface area contributed by atoms with Crippen LogP contribution in [-0.2, 0) is 4.79 Å². The van der Waals surface area contributed by atoms with Crippen molar-refractivity contribution in [3.8, 4) is 0 Å². The van der Waals surface area contributed by atoms with E-state index in [-0.39, 0.29) is 5.92 Å². The van der Waals surface area contributed by atoms with Crippen LogP contribution in [0, 0.1) is 11.8 Å². The summed E-state index contributed by atoms with van der Waals surface area (Å²) < 4.78 is 0. The number of carbonyl (C=O) groups is 1. The fourth-order valence-electron chi connectivity index (χ4n) is 3.02. The van der Waals surface area contributed by atoms with E-state index < -0.39 is 0 Å². The average Bonchev–Trinajstić information content (AvgIpc) is 2.28. The highest BCUT2D eigenvalue weighted by Crippen LogP contribution is 2.22. The molecule has 2 saturated heterocycles. The Morgan fingerprint density at radius 2 is 1.88 bits per heavy atom. The molecule has 0 aliphatic carbocycles. The van der Waals surface area contributed by atoms with Crippen LogP contribution in [0.4, 0.5) is 0 Å². The maximum atomic E-state index is 12.3. The number of rotatable bonds is 1. The molecule has 2 atom stereocenters. The Bertz CT molecular complexity index is 230. The van der Waals surface area contributed by atoms with E-state index in [2.05, 4.69) is 23.8 Å². The van der Waals surface area contributed by atoms with Crippen LogP contribution in [-0.4, -0.2) is 48.9 Å². The molecule has 2 rings (SSSR count). The third-order valence-corrected chi connectivity index (χ3v) is 3.94. The molecule has 0 saturated carbocycles. The van der Waals surface area contributed by atoms with Gasteiger partial charge in [0.15, 0.2) is 0 Å². The van der Waals surface area contributed by atoms with Crippen molar-refractivity contribution in [1.82, 2.24) is 9.80 Å². The molecule has 0 bridgehead atoms. The Hall–Kier alpha value is -0.570. The van der Waals surface area contributed by atoms with Crippen molar-refractivity contribution in [2.45, 2.75) is 32.6 Å². The number of amides is 1. The van der Waals surface area contributed by atoms with E-state index >= 15 is 0 Å². The minimum Gasteiger partial charge on any atom is -0.342 e. The van der Waals surface area contributed by atoms with Gasteiger partial charge in [0.05, 0.1) is 5.92 Å². The second kappa shape index (κ2) is 5.17. The van der Waals surface area contributed by atoms with E-state index in [9.17, 15) is 4.79 Å². The topological polar surface area (TPSA) is 23.6 Å². The van der Waals surface area contributed by atoms with Crippen LogP contribution in [0.1, 0.15) is 32.6 Å². The Morgan fingerprint density at radius 1 is 1.12 bits per heavy atom. The Kier molecular flexibility index (Phi) is 3.85. The lowest BCUT2D eigenvalue weighted by atomic mass is 9.94. The normalized spacial score (nSPS) is 32.8. The molecule has 0 aromatic heterocycles. The molecule has 0 spiro atoms. The van der Waals surface area contributed by atoms with Crippen LogP contribution in [0.5, 0.6) is 0 Å². The summed E-state index contributed by atoms with van der Waals surface area (Å²) in [6.45, 7) is 6.35. The van der Waals surface area contributed by atoms with Gasteiger partial charge in [-0.25, -0.2) is 0 Å². The summed E-state index contributed by atoms with van der Waals surface area (Å²) in [5, 5.41) is 0. The Labute approximate surface area is 98.8 Å². The summed E-state index contributed by atoms with van der Waals surface area (Å²) in [7, 11) is 2.12. The van der Waals surface area contributed by atoms with Crippen molar-refractivity contribution in [3.05, 3.63) is 0 Å². The molecular weight excluding hydrogens is 200 g/mol. The molecule has 2 aliphatic rings. The van der Waals surface area contributed by atoms with Gasteiger partial charge in [-0.1, -0.05) is 6.92 Å². The van der Waals surface area contributed by atoms with Gasteiger partial charge in [-0.2, -0.15) is 0 Å². The van der Waals surface area contributed by atoms with Crippen LogP contribution >= 0.6 is 0 Å². The second-order valence-corrected chi connectivity index (χ2v) is 5.63. The Morgan fingerprint density at radius 3 is 2.56 bits per heavy atom. The van der Waals surface area contributed by atoms with Gasteiger partial charge >= 0.3 is 0 Å². The number of likely N-dealkylation sites (tertiary alicyclic amines) is 2. The Balaban J connectivity index is 1.90. The molecule has 0 aromatic rings. The SMILES string of the molecule is C[C@H]1CCCN(C(=O)[C@@H]2CCCN(C)C2)C1. The number of hydrogen-bond acceptors (Lipinski definition) is 2.